The van der Waals surface area contributed by atoms with Crippen molar-refractivity contribution in [2.45, 2.75) is 101 Å². The zero-order chi connectivity index (χ0) is 20.5. The molecule has 0 saturated carbocycles. The molecule has 4 heteroatoms. The molecule has 1 atom stereocenters. The van der Waals surface area contributed by atoms with Gasteiger partial charge in [0, 0.05) is 5.54 Å². The molecule has 0 aromatic rings. The molecule has 0 fully saturated rings. The first kappa shape index (κ1) is 23.9. The second-order valence-electron chi connectivity index (χ2n) is 11.6. The van der Waals surface area contributed by atoms with E-state index in [2.05, 4.69) is 46.9 Å². The number of carboxylic acids is 1. The standard InChI is InChI=1S/C21H41NO3/c1-17(2,3)13-21(11,18(4,5)6)16(25)22-20(9,10)14-19(7,8)12-15(23)24/h12-14H2,1-11H3,(H,22,25)(H,23,24). The molecule has 25 heavy (non-hydrogen) atoms. The number of carbonyl (C=O) groups excluding carboxylic acids is 1. The lowest BCUT2D eigenvalue weighted by molar-refractivity contribution is -0.141. The van der Waals surface area contributed by atoms with Gasteiger partial charge < -0.3 is 10.4 Å². The lowest BCUT2D eigenvalue weighted by Gasteiger charge is -2.46. The maximum Gasteiger partial charge on any atom is 0.303 e. The molecule has 0 saturated heterocycles. The van der Waals surface area contributed by atoms with Gasteiger partial charge in [0.05, 0.1) is 11.8 Å². The third-order valence-corrected chi connectivity index (χ3v) is 5.04. The summed E-state index contributed by atoms with van der Waals surface area (Å²) >= 11 is 0. The van der Waals surface area contributed by atoms with Gasteiger partial charge in [0.25, 0.3) is 0 Å². The van der Waals surface area contributed by atoms with E-state index in [4.69, 9.17) is 5.11 Å². The van der Waals surface area contributed by atoms with Crippen molar-refractivity contribution < 1.29 is 14.7 Å². The fraction of sp³-hybridized carbons (Fsp3) is 0.905. The van der Waals surface area contributed by atoms with Crippen LogP contribution >= 0.6 is 0 Å². The predicted molar refractivity (Wildman–Crippen MR) is 105 cm³/mol. The van der Waals surface area contributed by atoms with Crippen LogP contribution in [-0.4, -0.2) is 22.5 Å². The number of hydrogen-bond acceptors (Lipinski definition) is 2. The van der Waals surface area contributed by atoms with Crippen LogP contribution in [-0.2, 0) is 9.59 Å². The molecule has 0 aliphatic rings. The molecule has 0 heterocycles. The topological polar surface area (TPSA) is 66.4 Å². The number of aliphatic carboxylic acids is 1. The van der Waals surface area contributed by atoms with Gasteiger partial charge in [-0.2, -0.15) is 0 Å². The minimum atomic E-state index is -0.806. The van der Waals surface area contributed by atoms with Gasteiger partial charge in [-0.05, 0) is 42.9 Å². The van der Waals surface area contributed by atoms with Gasteiger partial charge in [-0.3, -0.25) is 9.59 Å². The van der Waals surface area contributed by atoms with Crippen LogP contribution in [0.1, 0.15) is 95.4 Å². The Balaban J connectivity index is 5.45. The van der Waals surface area contributed by atoms with Crippen molar-refractivity contribution in [2.75, 3.05) is 0 Å². The van der Waals surface area contributed by atoms with E-state index in [1.54, 1.807) is 0 Å². The molecule has 0 aromatic heterocycles. The van der Waals surface area contributed by atoms with E-state index in [9.17, 15) is 9.59 Å². The summed E-state index contributed by atoms with van der Waals surface area (Å²) in [7, 11) is 0. The molecular weight excluding hydrogens is 314 g/mol. The molecule has 148 valence electrons. The van der Waals surface area contributed by atoms with Crippen LogP contribution in [0.5, 0.6) is 0 Å². The first-order valence-corrected chi connectivity index (χ1v) is 9.25. The summed E-state index contributed by atoms with van der Waals surface area (Å²) in [5, 5.41) is 12.3. The van der Waals surface area contributed by atoms with E-state index >= 15 is 0 Å². The largest absolute Gasteiger partial charge is 0.481 e. The molecule has 0 spiro atoms. The molecule has 0 radical (unpaired) electrons. The van der Waals surface area contributed by atoms with Crippen molar-refractivity contribution in [2.24, 2.45) is 21.7 Å². The Kier molecular flexibility index (Phi) is 6.97. The highest BCUT2D eigenvalue weighted by molar-refractivity contribution is 5.83. The molecule has 0 aromatic carbocycles. The average molecular weight is 356 g/mol. The zero-order valence-electron chi connectivity index (χ0n) is 18.4. The van der Waals surface area contributed by atoms with Gasteiger partial charge in [-0.15, -0.1) is 0 Å². The number of carbonyl (C=O) groups is 2. The first-order chi connectivity index (χ1) is 10.7. The molecule has 2 N–H and O–H groups in total. The lowest BCUT2D eigenvalue weighted by Crippen LogP contribution is -2.56. The van der Waals surface area contributed by atoms with Crippen LogP contribution in [0.3, 0.4) is 0 Å². The Bertz CT molecular complexity index is 492. The van der Waals surface area contributed by atoms with Crippen molar-refractivity contribution >= 4 is 11.9 Å². The summed E-state index contributed by atoms with van der Waals surface area (Å²) in [4.78, 5) is 24.4. The van der Waals surface area contributed by atoms with E-state index in [-0.39, 0.29) is 28.6 Å². The summed E-state index contributed by atoms with van der Waals surface area (Å²) < 4.78 is 0. The number of nitrogens with one attached hydrogen (secondary N) is 1. The van der Waals surface area contributed by atoms with E-state index in [0.717, 1.165) is 6.42 Å². The van der Waals surface area contributed by atoms with Crippen LogP contribution in [0.15, 0.2) is 0 Å². The highest BCUT2D eigenvalue weighted by atomic mass is 16.4. The molecule has 4 nitrogen and oxygen atoms in total. The van der Waals surface area contributed by atoms with Crippen molar-refractivity contribution in [1.29, 1.82) is 0 Å². The molecule has 1 amide bonds. The second-order valence-corrected chi connectivity index (χ2v) is 11.6. The number of amides is 1. The molecular formula is C21H41NO3. The normalized spacial score (nSPS) is 16.3. The maximum atomic E-state index is 13.3. The van der Waals surface area contributed by atoms with Crippen molar-refractivity contribution in [3.8, 4) is 0 Å². The van der Waals surface area contributed by atoms with Gasteiger partial charge in [0.2, 0.25) is 5.91 Å². The SMILES string of the molecule is CC(C)(C)CC(C)(C(=O)NC(C)(C)CC(C)(C)CC(=O)O)C(C)(C)C. The van der Waals surface area contributed by atoms with Crippen molar-refractivity contribution in [3.63, 3.8) is 0 Å². The minimum Gasteiger partial charge on any atom is -0.481 e. The molecule has 0 aliphatic heterocycles. The van der Waals surface area contributed by atoms with Gasteiger partial charge in [-0.1, -0.05) is 62.3 Å². The summed E-state index contributed by atoms with van der Waals surface area (Å²) in [6.07, 6.45) is 1.47. The van der Waals surface area contributed by atoms with Crippen LogP contribution in [0.25, 0.3) is 0 Å². The van der Waals surface area contributed by atoms with E-state index in [1.165, 1.54) is 0 Å². The number of hydrogen-bond donors (Lipinski definition) is 2. The Morgan fingerprint density at radius 1 is 0.800 bits per heavy atom. The zero-order valence-corrected chi connectivity index (χ0v) is 18.4. The first-order valence-electron chi connectivity index (χ1n) is 9.25. The number of carboxylic acid groups (broad SMARTS) is 1. The maximum absolute atomic E-state index is 13.3. The molecule has 0 bridgehead atoms. The summed E-state index contributed by atoms with van der Waals surface area (Å²) in [5.74, 6) is -0.759. The van der Waals surface area contributed by atoms with Crippen LogP contribution in [0, 0.1) is 21.7 Å². The number of rotatable bonds is 7. The lowest BCUT2D eigenvalue weighted by atomic mass is 9.60. The molecule has 0 rings (SSSR count). The van der Waals surface area contributed by atoms with Gasteiger partial charge >= 0.3 is 5.97 Å². The summed E-state index contributed by atoms with van der Waals surface area (Å²) in [6.45, 7) is 22.7. The highest BCUT2D eigenvalue weighted by Gasteiger charge is 2.47. The monoisotopic (exact) mass is 355 g/mol. The van der Waals surface area contributed by atoms with Gasteiger partial charge in [-0.25, -0.2) is 0 Å². The van der Waals surface area contributed by atoms with E-state index in [0.29, 0.717) is 6.42 Å². The Morgan fingerprint density at radius 3 is 1.56 bits per heavy atom. The predicted octanol–water partition coefficient (Wildman–Crippen LogP) is 5.26. The minimum absolute atomic E-state index is 0.0338. The van der Waals surface area contributed by atoms with Crippen molar-refractivity contribution in [1.82, 2.24) is 5.32 Å². The third kappa shape index (κ3) is 7.79. The van der Waals surface area contributed by atoms with E-state index < -0.39 is 16.9 Å². The van der Waals surface area contributed by atoms with Gasteiger partial charge in [0.1, 0.15) is 0 Å². The van der Waals surface area contributed by atoms with Crippen LogP contribution in [0.4, 0.5) is 0 Å². The summed E-state index contributed by atoms with van der Waals surface area (Å²) in [6, 6.07) is 0. The Labute approximate surface area is 155 Å². The second kappa shape index (κ2) is 7.28. The average Bonchev–Trinajstić information content (AvgIpc) is 2.19. The van der Waals surface area contributed by atoms with E-state index in [1.807, 2.05) is 34.6 Å². The Morgan fingerprint density at radius 2 is 1.24 bits per heavy atom. The third-order valence-electron chi connectivity index (χ3n) is 5.04. The quantitative estimate of drug-likeness (QED) is 0.654. The Hall–Kier alpha value is -1.06. The van der Waals surface area contributed by atoms with Crippen LogP contribution in [0.2, 0.25) is 0 Å². The van der Waals surface area contributed by atoms with Crippen molar-refractivity contribution in [3.05, 3.63) is 0 Å². The smallest absolute Gasteiger partial charge is 0.303 e. The fourth-order valence-electron chi connectivity index (χ4n) is 3.90. The van der Waals surface area contributed by atoms with Gasteiger partial charge in [0.15, 0.2) is 0 Å². The molecule has 0 aliphatic carbocycles. The fourth-order valence-corrected chi connectivity index (χ4v) is 3.90. The molecule has 1 unspecified atom stereocenters. The summed E-state index contributed by atoms with van der Waals surface area (Å²) in [5.41, 5.74) is -1.52. The van der Waals surface area contributed by atoms with Crippen LogP contribution < -0.4 is 5.32 Å². The highest BCUT2D eigenvalue weighted by Crippen LogP contribution is 2.47.